The third kappa shape index (κ3) is 5.32. The Morgan fingerprint density at radius 3 is 2.47 bits per heavy atom. The zero-order chi connectivity index (χ0) is 26.0. The van der Waals surface area contributed by atoms with E-state index in [1.54, 1.807) is 4.90 Å². The Bertz CT molecular complexity index is 1250. The fourth-order valence-electron chi connectivity index (χ4n) is 4.30. The van der Waals surface area contributed by atoms with E-state index in [-0.39, 0.29) is 35.4 Å². The van der Waals surface area contributed by atoms with E-state index in [1.165, 1.54) is 11.8 Å². The van der Waals surface area contributed by atoms with Gasteiger partial charge in [-0.3, -0.25) is 14.5 Å². The molecule has 2 atom stereocenters. The van der Waals surface area contributed by atoms with E-state index in [2.05, 4.69) is 26.1 Å². The number of rotatable bonds is 6. The molecule has 0 bridgehead atoms. The Morgan fingerprint density at radius 2 is 1.83 bits per heavy atom. The van der Waals surface area contributed by atoms with Crippen LogP contribution in [0.15, 0.2) is 54.6 Å². The molecule has 0 saturated heterocycles. The predicted molar refractivity (Wildman–Crippen MR) is 149 cm³/mol. The van der Waals surface area contributed by atoms with E-state index < -0.39 is 5.54 Å². The number of nitrogens with one attached hydrogen (secondary N) is 1. The minimum Gasteiger partial charge on any atom is -0.352 e. The highest BCUT2D eigenvalue weighted by atomic mass is 35.5. The van der Waals surface area contributed by atoms with Gasteiger partial charge in [0.1, 0.15) is 12.4 Å². The zero-order valence-electron chi connectivity index (χ0n) is 21.4. The third-order valence-electron chi connectivity index (χ3n) is 6.28. The standard InChI is InChI=1S/C28H33ClN4O2S/c1-6-18(2)30-22(34)16-32-23(35)17-36-26(20-14-10-11-15-21(20)29)24-25(19-12-8-7-9-13-19)31-33(27(24)32)28(3,4)5/h7-15,18,26H,6,16-17H2,1-5H3,(H,30,34)/t18-,26+/m0/s1. The molecule has 0 radical (unpaired) electrons. The molecule has 0 aliphatic carbocycles. The molecular formula is C28H33ClN4O2S. The lowest BCUT2D eigenvalue weighted by Gasteiger charge is -2.29. The maximum absolute atomic E-state index is 13.6. The number of hydrogen-bond acceptors (Lipinski definition) is 4. The molecule has 3 aromatic rings. The van der Waals surface area contributed by atoms with Crippen molar-refractivity contribution >= 4 is 41.0 Å². The van der Waals surface area contributed by atoms with E-state index in [1.807, 2.05) is 73.1 Å². The van der Waals surface area contributed by atoms with E-state index in [9.17, 15) is 9.59 Å². The van der Waals surface area contributed by atoms with Crippen molar-refractivity contribution in [2.45, 2.75) is 57.9 Å². The van der Waals surface area contributed by atoms with Crippen LogP contribution in [0.5, 0.6) is 0 Å². The maximum atomic E-state index is 13.6. The van der Waals surface area contributed by atoms with Crippen LogP contribution >= 0.6 is 23.4 Å². The lowest BCUT2D eigenvalue weighted by molar-refractivity contribution is -0.123. The summed E-state index contributed by atoms with van der Waals surface area (Å²) in [6, 6.07) is 17.7. The molecule has 0 fully saturated rings. The van der Waals surface area contributed by atoms with Crippen molar-refractivity contribution in [3.8, 4) is 11.3 Å². The Hall–Kier alpha value is -2.77. The number of thioether (sulfide) groups is 1. The smallest absolute Gasteiger partial charge is 0.240 e. The first-order valence-electron chi connectivity index (χ1n) is 12.3. The highest BCUT2D eigenvalue weighted by Crippen LogP contribution is 2.50. The maximum Gasteiger partial charge on any atom is 0.240 e. The van der Waals surface area contributed by atoms with Crippen LogP contribution in [0.2, 0.25) is 5.02 Å². The molecule has 0 saturated carbocycles. The van der Waals surface area contributed by atoms with Crippen LogP contribution in [0.3, 0.4) is 0 Å². The molecule has 1 aromatic heterocycles. The van der Waals surface area contributed by atoms with Crippen LogP contribution < -0.4 is 10.2 Å². The number of hydrogen-bond donors (Lipinski definition) is 1. The second kappa shape index (κ2) is 10.7. The van der Waals surface area contributed by atoms with Gasteiger partial charge in [-0.15, -0.1) is 11.8 Å². The van der Waals surface area contributed by atoms with Crippen LogP contribution in [-0.4, -0.2) is 39.9 Å². The number of halogens is 1. The molecule has 1 aliphatic heterocycles. The molecule has 0 spiro atoms. The predicted octanol–water partition coefficient (Wildman–Crippen LogP) is 6.04. The molecule has 8 heteroatoms. The van der Waals surface area contributed by atoms with Gasteiger partial charge in [-0.25, -0.2) is 4.68 Å². The van der Waals surface area contributed by atoms with Gasteiger partial charge in [-0.1, -0.05) is 67.1 Å². The lowest BCUT2D eigenvalue weighted by Crippen LogP contribution is -2.45. The molecular weight excluding hydrogens is 492 g/mol. The summed E-state index contributed by atoms with van der Waals surface area (Å²) in [6.45, 7) is 10.1. The van der Waals surface area contributed by atoms with Crippen LogP contribution in [-0.2, 0) is 15.1 Å². The summed E-state index contributed by atoms with van der Waals surface area (Å²) in [7, 11) is 0. The van der Waals surface area contributed by atoms with Gasteiger partial charge in [0.15, 0.2) is 0 Å². The SMILES string of the molecule is CC[C@H](C)NC(=O)CN1C(=O)CS[C@H](c2ccccc2Cl)c2c(-c3ccccc3)nn(C(C)(C)C)c21. The largest absolute Gasteiger partial charge is 0.352 e. The van der Waals surface area contributed by atoms with Crippen molar-refractivity contribution < 1.29 is 9.59 Å². The minimum absolute atomic E-state index is 0.0247. The Labute approximate surface area is 222 Å². The van der Waals surface area contributed by atoms with E-state index in [4.69, 9.17) is 16.7 Å². The summed E-state index contributed by atoms with van der Waals surface area (Å²) in [6.07, 6.45) is 0.813. The fraction of sp³-hybridized carbons (Fsp3) is 0.393. The second-order valence-corrected chi connectivity index (χ2v) is 11.6. The number of aromatic nitrogens is 2. The van der Waals surface area contributed by atoms with Crippen LogP contribution in [0.25, 0.3) is 11.3 Å². The van der Waals surface area contributed by atoms with E-state index >= 15 is 0 Å². The van der Waals surface area contributed by atoms with Crippen LogP contribution in [0, 0.1) is 0 Å². The molecule has 6 nitrogen and oxygen atoms in total. The van der Waals surface area contributed by atoms with Crippen molar-refractivity contribution in [3.63, 3.8) is 0 Å². The lowest BCUT2D eigenvalue weighted by atomic mass is 9.99. The fourth-order valence-corrected chi connectivity index (χ4v) is 5.84. The zero-order valence-corrected chi connectivity index (χ0v) is 23.0. The summed E-state index contributed by atoms with van der Waals surface area (Å²) in [5, 5.41) is 8.50. The monoisotopic (exact) mass is 524 g/mol. The van der Waals surface area contributed by atoms with Gasteiger partial charge < -0.3 is 5.32 Å². The molecule has 36 heavy (non-hydrogen) atoms. The van der Waals surface area contributed by atoms with Gasteiger partial charge in [0.05, 0.1) is 22.2 Å². The Kier molecular flexibility index (Phi) is 7.81. The number of nitrogens with zero attached hydrogens (tertiary/aromatic N) is 3. The average molecular weight is 525 g/mol. The van der Waals surface area contributed by atoms with Gasteiger partial charge in [0.25, 0.3) is 0 Å². The van der Waals surface area contributed by atoms with Gasteiger partial charge >= 0.3 is 0 Å². The van der Waals surface area contributed by atoms with Crippen molar-refractivity contribution in [2.75, 3.05) is 17.2 Å². The minimum atomic E-state index is -0.442. The summed E-state index contributed by atoms with van der Waals surface area (Å²) in [4.78, 5) is 28.2. The van der Waals surface area contributed by atoms with Crippen molar-refractivity contribution in [1.29, 1.82) is 0 Å². The van der Waals surface area contributed by atoms with Crippen molar-refractivity contribution in [3.05, 3.63) is 70.7 Å². The highest BCUT2D eigenvalue weighted by Gasteiger charge is 2.39. The second-order valence-electron chi connectivity index (χ2n) is 10.1. The molecule has 2 heterocycles. The summed E-state index contributed by atoms with van der Waals surface area (Å²) >= 11 is 8.22. The van der Waals surface area contributed by atoms with Crippen molar-refractivity contribution in [1.82, 2.24) is 15.1 Å². The number of benzene rings is 2. The van der Waals surface area contributed by atoms with Crippen molar-refractivity contribution in [2.24, 2.45) is 0 Å². The van der Waals surface area contributed by atoms with Gasteiger partial charge in [0, 0.05) is 22.2 Å². The Morgan fingerprint density at radius 1 is 1.17 bits per heavy atom. The molecule has 1 aliphatic rings. The quantitative estimate of drug-likeness (QED) is 0.426. The summed E-state index contributed by atoms with van der Waals surface area (Å²) in [5.74, 6) is 0.563. The topological polar surface area (TPSA) is 67.2 Å². The van der Waals surface area contributed by atoms with Gasteiger partial charge in [0.2, 0.25) is 11.8 Å². The Balaban J connectivity index is 1.98. The first-order valence-corrected chi connectivity index (χ1v) is 13.7. The average Bonchev–Trinajstić information content (AvgIpc) is 3.19. The van der Waals surface area contributed by atoms with E-state index in [0.717, 1.165) is 28.8 Å². The van der Waals surface area contributed by atoms with Crippen LogP contribution in [0.1, 0.15) is 57.4 Å². The van der Waals surface area contributed by atoms with Gasteiger partial charge in [-0.05, 0) is 45.7 Å². The highest BCUT2D eigenvalue weighted by molar-refractivity contribution is 8.00. The molecule has 0 unspecified atom stereocenters. The van der Waals surface area contributed by atoms with Gasteiger partial charge in [-0.2, -0.15) is 5.10 Å². The molecule has 190 valence electrons. The number of amides is 2. The molecule has 4 rings (SSSR count). The number of anilines is 1. The van der Waals surface area contributed by atoms with Crippen LogP contribution in [0.4, 0.5) is 5.82 Å². The number of carbonyl (C=O) groups is 2. The molecule has 2 amide bonds. The molecule has 2 aromatic carbocycles. The normalized spacial score (nSPS) is 16.9. The summed E-state index contributed by atoms with van der Waals surface area (Å²) in [5.41, 5.74) is 3.13. The number of fused-ring (bicyclic) bond motifs is 1. The number of carbonyl (C=O) groups excluding carboxylic acids is 2. The third-order valence-corrected chi connectivity index (χ3v) is 7.86. The first-order chi connectivity index (χ1) is 17.1. The summed E-state index contributed by atoms with van der Waals surface area (Å²) < 4.78 is 1.90. The molecule has 1 N–H and O–H groups in total. The first kappa shape index (κ1) is 26.3. The van der Waals surface area contributed by atoms with E-state index in [0.29, 0.717) is 10.8 Å².